The fraction of sp³-hybridized carbons (Fsp3) is 0.600. The normalized spacial score (nSPS) is 12.2. The summed E-state index contributed by atoms with van der Waals surface area (Å²) in [6.45, 7) is 2.24. The molecule has 0 bridgehead atoms. The van der Waals surface area contributed by atoms with E-state index in [1.54, 1.807) is 6.08 Å². The van der Waals surface area contributed by atoms with Gasteiger partial charge in [0.2, 0.25) is 0 Å². The van der Waals surface area contributed by atoms with E-state index < -0.39 is 7.12 Å². The van der Waals surface area contributed by atoms with Crippen LogP contribution in [0.4, 0.5) is 0 Å². The van der Waals surface area contributed by atoms with Gasteiger partial charge in [-0.05, 0) is 32.1 Å². The summed E-state index contributed by atoms with van der Waals surface area (Å²) in [6, 6.07) is 0. The molecule has 3 heteroatoms. The van der Waals surface area contributed by atoms with E-state index in [4.69, 9.17) is 10.0 Å². The van der Waals surface area contributed by atoms with Gasteiger partial charge in [0.25, 0.3) is 0 Å². The molecule has 0 aromatic rings. The van der Waals surface area contributed by atoms with Gasteiger partial charge in [-0.15, -0.1) is 0 Å². The highest BCUT2D eigenvalue weighted by atomic mass is 16.4. The van der Waals surface area contributed by atoms with Gasteiger partial charge < -0.3 is 10.0 Å². The average molecular weight is 250 g/mol. The summed E-state index contributed by atoms with van der Waals surface area (Å²) in [7, 11) is -1.34. The van der Waals surface area contributed by atoms with E-state index in [2.05, 4.69) is 19.1 Å². The van der Waals surface area contributed by atoms with Crippen LogP contribution in [0, 0.1) is 0 Å². The highest BCUT2D eigenvalue weighted by molar-refractivity contribution is 6.47. The molecule has 0 unspecified atom stereocenters. The zero-order chi connectivity index (χ0) is 13.5. The van der Waals surface area contributed by atoms with E-state index >= 15 is 0 Å². The highest BCUT2D eigenvalue weighted by Gasteiger charge is 1.94. The van der Waals surface area contributed by atoms with Crippen molar-refractivity contribution in [2.75, 3.05) is 0 Å². The lowest BCUT2D eigenvalue weighted by Crippen LogP contribution is -2.04. The number of unbranched alkanes of at least 4 members (excludes halogenated alkanes) is 6. The zero-order valence-corrected chi connectivity index (χ0v) is 11.6. The Kier molecular flexibility index (Phi) is 13.6. The fourth-order valence-electron chi connectivity index (χ4n) is 1.62. The van der Waals surface area contributed by atoms with Crippen LogP contribution in [0.3, 0.4) is 0 Å². The Hall–Kier alpha value is -0.795. The SMILES string of the molecule is CCCCCC/C=C\CCC/C=C/C=C/B(O)O. The van der Waals surface area contributed by atoms with Crippen molar-refractivity contribution in [2.45, 2.75) is 58.3 Å². The van der Waals surface area contributed by atoms with Crippen molar-refractivity contribution in [3.63, 3.8) is 0 Å². The van der Waals surface area contributed by atoms with Crippen LogP contribution >= 0.6 is 0 Å². The molecule has 102 valence electrons. The molecule has 18 heavy (non-hydrogen) atoms. The molecule has 0 amide bonds. The summed E-state index contributed by atoms with van der Waals surface area (Å²) in [5.41, 5.74) is 0. The van der Waals surface area contributed by atoms with Crippen molar-refractivity contribution in [3.8, 4) is 0 Å². The molecule has 0 radical (unpaired) electrons. The maximum atomic E-state index is 8.56. The number of hydrogen-bond acceptors (Lipinski definition) is 2. The molecule has 0 saturated heterocycles. The van der Waals surface area contributed by atoms with Gasteiger partial charge in [-0.1, -0.05) is 62.5 Å². The zero-order valence-electron chi connectivity index (χ0n) is 11.6. The largest absolute Gasteiger partial charge is 0.480 e. The lowest BCUT2D eigenvalue weighted by Gasteiger charge is -1.94. The lowest BCUT2D eigenvalue weighted by molar-refractivity contribution is 0.424. The first-order chi connectivity index (χ1) is 8.77. The van der Waals surface area contributed by atoms with E-state index in [-0.39, 0.29) is 0 Å². The molecule has 0 rings (SSSR count). The summed E-state index contributed by atoms with van der Waals surface area (Å²) < 4.78 is 0. The molecule has 0 aliphatic carbocycles. The van der Waals surface area contributed by atoms with Crippen LogP contribution in [0.15, 0.2) is 36.4 Å². The second kappa shape index (κ2) is 14.3. The Morgan fingerprint density at radius 1 is 0.778 bits per heavy atom. The Morgan fingerprint density at radius 3 is 2.11 bits per heavy atom. The first-order valence-corrected chi connectivity index (χ1v) is 7.11. The summed E-state index contributed by atoms with van der Waals surface area (Å²) in [6.07, 6.45) is 20.0. The Bertz CT molecular complexity index is 245. The van der Waals surface area contributed by atoms with Gasteiger partial charge in [-0.25, -0.2) is 0 Å². The Morgan fingerprint density at radius 2 is 1.44 bits per heavy atom. The predicted molar refractivity (Wildman–Crippen MR) is 80.2 cm³/mol. The van der Waals surface area contributed by atoms with Crippen LogP contribution in [0.2, 0.25) is 0 Å². The third-order valence-corrected chi connectivity index (χ3v) is 2.66. The van der Waals surface area contributed by atoms with Gasteiger partial charge in [0.15, 0.2) is 0 Å². The van der Waals surface area contributed by atoms with E-state index in [9.17, 15) is 0 Å². The molecule has 0 atom stereocenters. The van der Waals surface area contributed by atoms with Crippen molar-refractivity contribution < 1.29 is 10.0 Å². The van der Waals surface area contributed by atoms with Gasteiger partial charge in [0.05, 0.1) is 0 Å². The summed E-state index contributed by atoms with van der Waals surface area (Å²) in [5.74, 6) is 1.34. The van der Waals surface area contributed by atoms with E-state index in [1.165, 1.54) is 38.1 Å². The molecule has 0 saturated carbocycles. The van der Waals surface area contributed by atoms with Gasteiger partial charge >= 0.3 is 7.12 Å². The smallest absolute Gasteiger partial charge is 0.424 e. The number of allylic oxidation sites excluding steroid dienone is 5. The summed E-state index contributed by atoms with van der Waals surface area (Å²) in [5, 5.41) is 17.1. The van der Waals surface area contributed by atoms with Crippen LogP contribution in [0.25, 0.3) is 0 Å². The number of hydrogen-bond donors (Lipinski definition) is 2. The third-order valence-electron chi connectivity index (χ3n) is 2.66. The highest BCUT2D eigenvalue weighted by Crippen LogP contribution is 2.04. The summed E-state index contributed by atoms with van der Waals surface area (Å²) in [4.78, 5) is 0. The fourth-order valence-corrected chi connectivity index (χ4v) is 1.62. The molecular weight excluding hydrogens is 223 g/mol. The van der Waals surface area contributed by atoms with Gasteiger partial charge in [0.1, 0.15) is 0 Å². The van der Waals surface area contributed by atoms with E-state index in [1.807, 2.05) is 12.2 Å². The minimum absolute atomic E-state index is 1.03. The quantitative estimate of drug-likeness (QED) is 0.253. The van der Waals surface area contributed by atoms with Crippen molar-refractivity contribution in [1.82, 2.24) is 0 Å². The first-order valence-electron chi connectivity index (χ1n) is 7.11. The van der Waals surface area contributed by atoms with Gasteiger partial charge in [0, 0.05) is 0 Å². The molecule has 0 aliphatic heterocycles. The molecule has 0 spiro atoms. The molecule has 0 aromatic carbocycles. The standard InChI is InChI=1S/C15H27BO2/c1-2-3-4-5-6-7-8-9-10-11-12-13-14-15-16(17)18/h7-8,12-15,17-18H,2-6,9-11H2,1H3/b8-7-,13-12+,15-14+. The minimum atomic E-state index is -1.34. The molecule has 0 fully saturated rings. The molecule has 2 N–H and O–H groups in total. The van der Waals surface area contributed by atoms with Crippen molar-refractivity contribution in [1.29, 1.82) is 0 Å². The van der Waals surface area contributed by atoms with Crippen LogP contribution < -0.4 is 0 Å². The van der Waals surface area contributed by atoms with E-state index in [0.29, 0.717) is 0 Å². The lowest BCUT2D eigenvalue weighted by atomic mass is 9.92. The molecular formula is C15H27BO2. The second-order valence-electron chi connectivity index (χ2n) is 4.48. The van der Waals surface area contributed by atoms with Crippen LogP contribution in [0.5, 0.6) is 0 Å². The van der Waals surface area contributed by atoms with Crippen LogP contribution in [-0.4, -0.2) is 17.2 Å². The molecule has 0 heterocycles. The Balaban J connectivity index is 3.26. The number of rotatable bonds is 11. The van der Waals surface area contributed by atoms with Crippen molar-refractivity contribution in [3.05, 3.63) is 36.4 Å². The van der Waals surface area contributed by atoms with Crippen LogP contribution in [-0.2, 0) is 0 Å². The third kappa shape index (κ3) is 15.2. The maximum absolute atomic E-state index is 8.56. The minimum Gasteiger partial charge on any atom is -0.424 e. The molecule has 0 aliphatic rings. The molecule has 2 nitrogen and oxygen atoms in total. The van der Waals surface area contributed by atoms with E-state index in [0.717, 1.165) is 19.3 Å². The molecule has 0 aromatic heterocycles. The second-order valence-corrected chi connectivity index (χ2v) is 4.48. The monoisotopic (exact) mass is 250 g/mol. The summed E-state index contributed by atoms with van der Waals surface area (Å²) >= 11 is 0. The maximum Gasteiger partial charge on any atom is 0.480 e. The van der Waals surface area contributed by atoms with Gasteiger partial charge in [-0.3, -0.25) is 0 Å². The Labute approximate surface area is 112 Å². The predicted octanol–water partition coefficient (Wildman–Crippen LogP) is 3.81. The van der Waals surface area contributed by atoms with Gasteiger partial charge in [-0.2, -0.15) is 0 Å². The van der Waals surface area contributed by atoms with Crippen molar-refractivity contribution >= 4 is 7.12 Å². The topological polar surface area (TPSA) is 40.5 Å². The average Bonchev–Trinajstić information content (AvgIpc) is 2.34. The van der Waals surface area contributed by atoms with Crippen molar-refractivity contribution in [2.24, 2.45) is 0 Å². The van der Waals surface area contributed by atoms with Crippen LogP contribution in [0.1, 0.15) is 58.3 Å². The first kappa shape index (κ1) is 17.2.